The van der Waals surface area contributed by atoms with Gasteiger partial charge in [-0.1, -0.05) is 13.8 Å². The Morgan fingerprint density at radius 3 is 2.33 bits per heavy atom. The first kappa shape index (κ1) is 11.2. The molecular formula is C7H12O7S. The van der Waals surface area contributed by atoms with Gasteiger partial charge < -0.3 is 5.11 Å². The largest absolute Gasteiger partial charge is 0.407 e. The van der Waals surface area contributed by atoms with Crippen LogP contribution in [0.2, 0.25) is 0 Å². The molecule has 0 aromatic carbocycles. The fourth-order valence-corrected chi connectivity index (χ4v) is 2.40. The smallest absolute Gasteiger partial charge is 0.336 e. The predicted molar refractivity (Wildman–Crippen MR) is 45.0 cm³/mol. The first-order valence-electron chi connectivity index (χ1n) is 4.54. The Bertz CT molecular complexity index is 364. The molecule has 0 radical (unpaired) electrons. The van der Waals surface area contributed by atoms with Crippen LogP contribution in [0, 0.1) is 5.92 Å². The lowest BCUT2D eigenvalue weighted by atomic mass is 10.0. The van der Waals surface area contributed by atoms with Gasteiger partial charge in [0.2, 0.25) is 0 Å². The first-order valence-corrected chi connectivity index (χ1v) is 5.87. The minimum Gasteiger partial charge on any atom is -0.336 e. The number of aliphatic hydroxyl groups is 1. The van der Waals surface area contributed by atoms with Gasteiger partial charge in [0.05, 0.1) is 0 Å². The Kier molecular flexibility index (Phi) is 2.34. The molecule has 0 aromatic heterocycles. The molecule has 15 heavy (non-hydrogen) atoms. The van der Waals surface area contributed by atoms with E-state index >= 15 is 0 Å². The summed E-state index contributed by atoms with van der Waals surface area (Å²) in [5, 5.41) is 9.58. The molecule has 0 bridgehead atoms. The highest BCUT2D eigenvalue weighted by Crippen LogP contribution is 2.51. The quantitative estimate of drug-likeness (QED) is 0.695. The van der Waals surface area contributed by atoms with Crippen molar-refractivity contribution in [3.63, 3.8) is 0 Å². The summed E-state index contributed by atoms with van der Waals surface area (Å²) in [7, 11) is -4.25. The van der Waals surface area contributed by atoms with Crippen molar-refractivity contribution in [2.24, 2.45) is 5.92 Å². The minimum absolute atomic E-state index is 0.167. The minimum atomic E-state index is -4.25. The SMILES string of the molecule is CC(C)CCC12OOC1(O)OS(=O)(=O)O2. The van der Waals surface area contributed by atoms with Gasteiger partial charge in [0.1, 0.15) is 0 Å². The lowest BCUT2D eigenvalue weighted by Crippen LogP contribution is -2.65. The van der Waals surface area contributed by atoms with E-state index in [4.69, 9.17) is 0 Å². The summed E-state index contributed by atoms with van der Waals surface area (Å²) in [6.45, 7) is 3.89. The van der Waals surface area contributed by atoms with Crippen molar-refractivity contribution >= 4 is 10.4 Å². The number of hydrogen-bond donors (Lipinski definition) is 1. The fraction of sp³-hybridized carbons (Fsp3) is 1.00. The normalized spacial score (nSPS) is 42.7. The van der Waals surface area contributed by atoms with Gasteiger partial charge in [0.25, 0.3) is 0 Å². The first-order chi connectivity index (χ1) is 6.79. The maximum atomic E-state index is 11.0. The van der Waals surface area contributed by atoms with E-state index in [1.165, 1.54) is 0 Å². The van der Waals surface area contributed by atoms with Gasteiger partial charge in [-0.15, -0.1) is 0 Å². The number of rotatable bonds is 3. The molecule has 7 nitrogen and oxygen atoms in total. The zero-order valence-corrected chi connectivity index (χ0v) is 9.11. The molecule has 2 aliphatic heterocycles. The van der Waals surface area contributed by atoms with E-state index in [0.717, 1.165) is 0 Å². The summed E-state index contributed by atoms with van der Waals surface area (Å²) in [4.78, 5) is 8.80. The molecule has 2 aliphatic rings. The van der Waals surface area contributed by atoms with Gasteiger partial charge >= 0.3 is 22.2 Å². The van der Waals surface area contributed by atoms with E-state index in [2.05, 4.69) is 18.1 Å². The highest BCUT2D eigenvalue weighted by Gasteiger charge is 2.76. The summed E-state index contributed by atoms with van der Waals surface area (Å²) in [6, 6.07) is 0. The van der Waals surface area contributed by atoms with Gasteiger partial charge in [-0.05, 0) is 12.3 Å². The topological polar surface area (TPSA) is 91.3 Å². The zero-order valence-electron chi connectivity index (χ0n) is 8.30. The van der Waals surface area contributed by atoms with Crippen LogP contribution in [-0.4, -0.2) is 25.3 Å². The highest BCUT2D eigenvalue weighted by molar-refractivity contribution is 7.82. The van der Waals surface area contributed by atoms with Crippen LogP contribution in [0.5, 0.6) is 0 Å². The van der Waals surface area contributed by atoms with Gasteiger partial charge in [0.15, 0.2) is 0 Å². The van der Waals surface area contributed by atoms with Crippen LogP contribution in [0.25, 0.3) is 0 Å². The number of fused-ring (bicyclic) bond motifs is 1. The molecule has 0 saturated carbocycles. The van der Waals surface area contributed by atoms with Gasteiger partial charge in [0, 0.05) is 6.42 Å². The molecule has 2 rings (SSSR count). The lowest BCUT2D eigenvalue weighted by molar-refractivity contribution is -0.673. The Balaban J connectivity index is 2.15. The van der Waals surface area contributed by atoms with Crippen LogP contribution in [-0.2, 0) is 28.5 Å². The predicted octanol–water partition coefficient (Wildman–Crippen LogP) is 0.0184. The van der Waals surface area contributed by atoms with Crippen LogP contribution < -0.4 is 0 Å². The molecule has 8 heteroatoms. The molecule has 88 valence electrons. The second-order valence-electron chi connectivity index (χ2n) is 4.01. The summed E-state index contributed by atoms with van der Waals surface area (Å²) < 4.78 is 30.7. The van der Waals surface area contributed by atoms with Crippen molar-refractivity contribution in [2.45, 2.75) is 38.4 Å². The molecule has 0 spiro atoms. The maximum absolute atomic E-state index is 11.0. The molecular weight excluding hydrogens is 228 g/mol. The van der Waals surface area contributed by atoms with Crippen molar-refractivity contribution in [1.29, 1.82) is 0 Å². The Hall–Kier alpha value is -0.250. The molecule has 2 fully saturated rings. The monoisotopic (exact) mass is 240 g/mol. The van der Waals surface area contributed by atoms with Crippen LogP contribution in [0.1, 0.15) is 26.7 Å². The third-order valence-electron chi connectivity index (χ3n) is 2.27. The Labute approximate surface area is 87.1 Å². The zero-order chi connectivity index (χ0) is 11.3. The summed E-state index contributed by atoms with van der Waals surface area (Å²) in [5.41, 5.74) is 0. The van der Waals surface area contributed by atoms with Crippen LogP contribution >= 0.6 is 0 Å². The average Bonchev–Trinajstić information content (AvgIpc) is 2.20. The molecule has 0 amide bonds. The van der Waals surface area contributed by atoms with E-state index in [-0.39, 0.29) is 6.42 Å². The average molecular weight is 240 g/mol. The molecule has 2 unspecified atom stereocenters. The Morgan fingerprint density at radius 1 is 1.27 bits per heavy atom. The standard InChI is InChI=1S/C7H12O7S/c1-5(2)3-4-6-7(8,12-11-6)14-15(9,10)13-6/h5,8H,3-4H2,1-2H3. The van der Waals surface area contributed by atoms with Crippen molar-refractivity contribution in [3.05, 3.63) is 0 Å². The number of hydrogen-bond acceptors (Lipinski definition) is 7. The maximum Gasteiger partial charge on any atom is 0.407 e. The Morgan fingerprint density at radius 2 is 1.93 bits per heavy atom. The summed E-state index contributed by atoms with van der Waals surface area (Å²) >= 11 is 0. The van der Waals surface area contributed by atoms with Crippen molar-refractivity contribution in [1.82, 2.24) is 0 Å². The third-order valence-corrected chi connectivity index (χ3v) is 3.18. The van der Waals surface area contributed by atoms with E-state index in [1.54, 1.807) is 0 Å². The molecule has 2 heterocycles. The van der Waals surface area contributed by atoms with Crippen LogP contribution in [0.4, 0.5) is 0 Å². The van der Waals surface area contributed by atoms with Crippen LogP contribution in [0.3, 0.4) is 0 Å². The van der Waals surface area contributed by atoms with Crippen molar-refractivity contribution in [2.75, 3.05) is 0 Å². The third kappa shape index (κ3) is 1.67. The van der Waals surface area contributed by atoms with Crippen molar-refractivity contribution in [3.8, 4) is 0 Å². The second kappa shape index (κ2) is 3.12. The lowest BCUT2D eigenvalue weighted by Gasteiger charge is -2.42. The van der Waals surface area contributed by atoms with E-state index < -0.39 is 22.2 Å². The van der Waals surface area contributed by atoms with Crippen LogP contribution in [0.15, 0.2) is 0 Å². The molecule has 0 aliphatic carbocycles. The van der Waals surface area contributed by atoms with Gasteiger partial charge in [-0.25, -0.2) is 4.18 Å². The van der Waals surface area contributed by atoms with Crippen molar-refractivity contribution < 1.29 is 31.7 Å². The van der Waals surface area contributed by atoms with E-state index in [1.807, 2.05) is 13.8 Å². The van der Waals surface area contributed by atoms with E-state index in [0.29, 0.717) is 12.3 Å². The summed E-state index contributed by atoms with van der Waals surface area (Å²) in [6.07, 6.45) is 0.769. The fourth-order valence-electron chi connectivity index (χ4n) is 1.39. The summed E-state index contributed by atoms with van der Waals surface area (Å²) in [5.74, 6) is -3.77. The second-order valence-corrected chi connectivity index (χ2v) is 5.16. The molecule has 2 atom stereocenters. The highest BCUT2D eigenvalue weighted by atomic mass is 32.3. The molecule has 1 N–H and O–H groups in total. The van der Waals surface area contributed by atoms with Gasteiger partial charge in [-0.2, -0.15) is 22.4 Å². The molecule has 0 aromatic rings. The van der Waals surface area contributed by atoms with E-state index in [9.17, 15) is 13.5 Å². The molecule has 2 saturated heterocycles. The van der Waals surface area contributed by atoms with Gasteiger partial charge in [-0.3, -0.25) is 0 Å².